The van der Waals surface area contributed by atoms with Crippen LogP contribution in [0.15, 0.2) is 42.5 Å². The van der Waals surface area contributed by atoms with E-state index in [1.165, 1.54) is 18.4 Å². The molecular weight excluding hydrogens is 379 g/mol. The van der Waals surface area contributed by atoms with Gasteiger partial charge in [-0.15, -0.1) is 0 Å². The molecule has 0 unspecified atom stereocenters. The van der Waals surface area contributed by atoms with Crippen LogP contribution in [-0.2, 0) is 9.84 Å². The molecule has 0 bridgehead atoms. The molecular formula is C21H25FN2O3S. The van der Waals surface area contributed by atoms with Gasteiger partial charge in [-0.1, -0.05) is 30.3 Å². The fraction of sp³-hybridized carbons (Fsp3) is 0.381. The van der Waals surface area contributed by atoms with Gasteiger partial charge in [0.25, 0.3) is 0 Å². The lowest BCUT2D eigenvalue weighted by atomic mass is 9.93. The first-order chi connectivity index (χ1) is 13.3. The highest BCUT2D eigenvalue weighted by atomic mass is 32.2. The van der Waals surface area contributed by atoms with Crippen molar-refractivity contribution in [3.63, 3.8) is 0 Å². The Labute approximate surface area is 165 Å². The second-order valence-corrected chi connectivity index (χ2v) is 9.62. The molecule has 1 aliphatic rings. The summed E-state index contributed by atoms with van der Waals surface area (Å²) >= 11 is 0. The van der Waals surface area contributed by atoms with Crippen LogP contribution < -0.4 is 5.73 Å². The highest BCUT2D eigenvalue weighted by Crippen LogP contribution is 2.32. The Hall–Kier alpha value is -2.25. The summed E-state index contributed by atoms with van der Waals surface area (Å²) in [5, 5.41) is -0.291. The van der Waals surface area contributed by atoms with Gasteiger partial charge in [0.1, 0.15) is 15.7 Å². The first kappa shape index (κ1) is 20.5. The summed E-state index contributed by atoms with van der Waals surface area (Å²) < 4.78 is 37.3. The molecule has 28 heavy (non-hydrogen) atoms. The lowest BCUT2D eigenvalue weighted by Gasteiger charge is -2.30. The van der Waals surface area contributed by atoms with Crippen LogP contribution in [0.1, 0.15) is 29.6 Å². The van der Waals surface area contributed by atoms with Crippen molar-refractivity contribution in [1.29, 1.82) is 0 Å². The number of rotatable bonds is 6. The van der Waals surface area contributed by atoms with E-state index in [9.17, 15) is 17.6 Å². The van der Waals surface area contributed by atoms with E-state index in [4.69, 9.17) is 5.73 Å². The second-order valence-electron chi connectivity index (χ2n) is 7.29. The topological polar surface area (TPSA) is 80.5 Å². The molecule has 1 aliphatic heterocycles. The van der Waals surface area contributed by atoms with Crippen molar-refractivity contribution in [2.45, 2.75) is 24.5 Å². The van der Waals surface area contributed by atoms with Gasteiger partial charge in [0.05, 0.1) is 10.9 Å². The van der Waals surface area contributed by atoms with E-state index in [-0.39, 0.29) is 23.1 Å². The minimum Gasteiger partial charge on any atom is -0.396 e. The molecule has 3 rings (SSSR count). The molecule has 150 valence electrons. The number of nitrogen functional groups attached to an aromatic ring is 1. The van der Waals surface area contributed by atoms with Gasteiger partial charge < -0.3 is 10.6 Å². The van der Waals surface area contributed by atoms with Crippen LogP contribution in [-0.4, -0.2) is 50.2 Å². The van der Waals surface area contributed by atoms with Crippen molar-refractivity contribution in [3.8, 4) is 11.1 Å². The number of ketones is 1. The van der Waals surface area contributed by atoms with Gasteiger partial charge in [-0.25, -0.2) is 12.8 Å². The van der Waals surface area contributed by atoms with E-state index >= 15 is 0 Å². The Morgan fingerprint density at radius 2 is 1.79 bits per heavy atom. The molecule has 0 aromatic heterocycles. The predicted molar refractivity (Wildman–Crippen MR) is 110 cm³/mol. The fourth-order valence-electron chi connectivity index (χ4n) is 3.70. The summed E-state index contributed by atoms with van der Waals surface area (Å²) in [6.45, 7) is 1.85. The summed E-state index contributed by atoms with van der Waals surface area (Å²) in [6.07, 6.45) is 2.73. The van der Waals surface area contributed by atoms with Gasteiger partial charge in [0.15, 0.2) is 5.78 Å². The van der Waals surface area contributed by atoms with Crippen LogP contribution in [0.5, 0.6) is 0 Å². The van der Waals surface area contributed by atoms with Crippen LogP contribution in [0.25, 0.3) is 11.1 Å². The number of carbonyl (C=O) groups excluding carboxylic acids is 1. The Morgan fingerprint density at radius 1 is 1.14 bits per heavy atom. The molecule has 1 saturated heterocycles. The molecule has 0 spiro atoms. The quantitative estimate of drug-likeness (QED) is 0.591. The zero-order chi connectivity index (χ0) is 20.3. The number of nitrogens with two attached hydrogens (primary N) is 1. The first-order valence-electron chi connectivity index (χ1n) is 9.35. The first-order valence-corrected chi connectivity index (χ1v) is 11.3. The Morgan fingerprint density at radius 3 is 2.39 bits per heavy atom. The SMILES string of the molecule is CS(=O)(=O)C1CCN(CCC(=O)c2ccc(F)c(N)c2-c2ccccc2)CC1. The number of benzene rings is 2. The molecule has 0 aliphatic carbocycles. The Balaban J connectivity index is 1.71. The number of hydrogen-bond donors (Lipinski definition) is 1. The van der Waals surface area contributed by atoms with Crippen molar-refractivity contribution in [1.82, 2.24) is 4.90 Å². The Bertz CT molecular complexity index is 953. The number of halogens is 1. The number of likely N-dealkylation sites (tertiary alicyclic amines) is 1. The number of piperidine rings is 1. The van der Waals surface area contributed by atoms with Gasteiger partial charge in [-0.05, 0) is 43.6 Å². The fourth-order valence-corrected chi connectivity index (χ4v) is 4.76. The van der Waals surface area contributed by atoms with Gasteiger partial charge >= 0.3 is 0 Å². The third-order valence-electron chi connectivity index (χ3n) is 5.35. The zero-order valence-electron chi connectivity index (χ0n) is 15.9. The summed E-state index contributed by atoms with van der Waals surface area (Å²) in [4.78, 5) is 15.0. The molecule has 2 N–H and O–H groups in total. The number of sulfone groups is 1. The number of Topliss-reactive ketones (excluding diaryl/α,β-unsaturated/α-hetero) is 1. The summed E-state index contributed by atoms with van der Waals surface area (Å²) in [5.74, 6) is -0.644. The number of hydrogen-bond acceptors (Lipinski definition) is 5. The highest BCUT2D eigenvalue weighted by molar-refractivity contribution is 7.91. The van der Waals surface area contributed by atoms with Crippen molar-refractivity contribution < 1.29 is 17.6 Å². The van der Waals surface area contributed by atoms with Gasteiger partial charge in [-0.3, -0.25) is 4.79 Å². The van der Waals surface area contributed by atoms with Gasteiger partial charge in [-0.2, -0.15) is 0 Å². The largest absolute Gasteiger partial charge is 0.396 e. The standard InChI is InChI=1S/C21H25FN2O3S/c1-28(26,27)16-9-12-24(13-10-16)14-11-19(25)17-7-8-18(22)21(23)20(17)15-5-3-2-4-6-15/h2-8,16H,9-14,23H2,1H3. The molecule has 1 heterocycles. The van der Waals surface area contributed by atoms with E-state index in [0.717, 1.165) is 0 Å². The molecule has 7 heteroatoms. The maximum atomic E-state index is 14.0. The zero-order valence-corrected chi connectivity index (χ0v) is 16.7. The van der Waals surface area contributed by atoms with Crippen molar-refractivity contribution in [3.05, 3.63) is 53.8 Å². The molecule has 2 aromatic rings. The maximum Gasteiger partial charge on any atom is 0.164 e. The highest BCUT2D eigenvalue weighted by Gasteiger charge is 2.27. The average molecular weight is 405 g/mol. The van der Waals surface area contributed by atoms with Crippen LogP contribution in [0.2, 0.25) is 0 Å². The minimum absolute atomic E-state index is 0.0222. The summed E-state index contributed by atoms with van der Waals surface area (Å²) in [5.41, 5.74) is 7.48. The van der Waals surface area contributed by atoms with Crippen LogP contribution in [0, 0.1) is 5.82 Å². The molecule has 0 amide bonds. The lowest BCUT2D eigenvalue weighted by molar-refractivity contribution is 0.0959. The van der Waals surface area contributed by atoms with Gasteiger partial charge in [0, 0.05) is 30.3 Å². The van der Waals surface area contributed by atoms with E-state index in [2.05, 4.69) is 4.90 Å². The van der Waals surface area contributed by atoms with Crippen molar-refractivity contribution >= 4 is 21.3 Å². The average Bonchev–Trinajstić information content (AvgIpc) is 2.68. The van der Waals surface area contributed by atoms with Crippen LogP contribution in [0.4, 0.5) is 10.1 Å². The Kier molecular flexibility index (Phi) is 6.15. The molecule has 0 saturated carbocycles. The maximum absolute atomic E-state index is 14.0. The molecule has 5 nitrogen and oxygen atoms in total. The molecule has 1 fully saturated rings. The minimum atomic E-state index is -3.01. The van der Waals surface area contributed by atoms with E-state index in [1.54, 1.807) is 12.1 Å². The van der Waals surface area contributed by atoms with E-state index in [1.807, 2.05) is 18.2 Å². The van der Waals surface area contributed by atoms with E-state index in [0.29, 0.717) is 49.2 Å². The molecule has 0 radical (unpaired) electrons. The second kappa shape index (κ2) is 8.41. The normalized spacial score (nSPS) is 16.2. The monoisotopic (exact) mass is 404 g/mol. The number of anilines is 1. The predicted octanol–water partition coefficient (Wildman–Crippen LogP) is 3.16. The van der Waals surface area contributed by atoms with Crippen LogP contribution >= 0.6 is 0 Å². The smallest absolute Gasteiger partial charge is 0.164 e. The third-order valence-corrected chi connectivity index (χ3v) is 7.03. The summed E-state index contributed by atoms with van der Waals surface area (Å²) in [6, 6.07) is 11.8. The van der Waals surface area contributed by atoms with Crippen LogP contribution in [0.3, 0.4) is 0 Å². The molecule has 0 atom stereocenters. The number of nitrogens with zero attached hydrogens (tertiary/aromatic N) is 1. The molecule has 2 aromatic carbocycles. The van der Waals surface area contributed by atoms with Crippen molar-refractivity contribution in [2.75, 3.05) is 31.6 Å². The summed E-state index contributed by atoms with van der Waals surface area (Å²) in [7, 11) is -3.01. The lowest BCUT2D eigenvalue weighted by Crippen LogP contribution is -2.39. The van der Waals surface area contributed by atoms with Gasteiger partial charge in [0.2, 0.25) is 0 Å². The van der Waals surface area contributed by atoms with Crippen molar-refractivity contribution in [2.24, 2.45) is 0 Å². The number of carbonyl (C=O) groups is 1. The third kappa shape index (κ3) is 4.59. The van der Waals surface area contributed by atoms with E-state index < -0.39 is 15.7 Å².